The molecule has 1 N–H and O–H groups in total. The SMILES string of the molecule is COCCNCC(C)c1ccc(OC)c(F)c1. The molecule has 1 aromatic rings. The van der Waals surface area contributed by atoms with Crippen LogP contribution in [0.5, 0.6) is 5.75 Å². The Kier molecular flexibility index (Phi) is 5.94. The lowest BCUT2D eigenvalue weighted by Gasteiger charge is -2.14. The molecule has 0 aliphatic rings. The van der Waals surface area contributed by atoms with E-state index in [-0.39, 0.29) is 17.5 Å². The van der Waals surface area contributed by atoms with Gasteiger partial charge in [0, 0.05) is 20.2 Å². The molecule has 0 aromatic heterocycles. The second-order valence-corrected chi connectivity index (χ2v) is 3.99. The molecule has 0 spiro atoms. The third kappa shape index (κ3) is 4.32. The van der Waals surface area contributed by atoms with Gasteiger partial charge in [0.05, 0.1) is 13.7 Å². The van der Waals surface area contributed by atoms with Gasteiger partial charge in [-0.25, -0.2) is 4.39 Å². The Balaban J connectivity index is 2.51. The van der Waals surface area contributed by atoms with E-state index in [1.807, 2.05) is 6.07 Å². The van der Waals surface area contributed by atoms with E-state index in [2.05, 4.69) is 12.2 Å². The van der Waals surface area contributed by atoms with Crippen LogP contribution in [0.4, 0.5) is 4.39 Å². The Hall–Kier alpha value is -1.13. The number of rotatable bonds is 7. The Morgan fingerprint density at radius 3 is 2.71 bits per heavy atom. The van der Waals surface area contributed by atoms with Crippen molar-refractivity contribution < 1.29 is 13.9 Å². The second-order valence-electron chi connectivity index (χ2n) is 3.99. The van der Waals surface area contributed by atoms with Gasteiger partial charge in [-0.1, -0.05) is 13.0 Å². The molecule has 1 rings (SSSR count). The number of hydrogen-bond acceptors (Lipinski definition) is 3. The van der Waals surface area contributed by atoms with Gasteiger partial charge in [0.25, 0.3) is 0 Å². The van der Waals surface area contributed by atoms with Crippen LogP contribution in [0.25, 0.3) is 0 Å². The van der Waals surface area contributed by atoms with Gasteiger partial charge in [0.15, 0.2) is 11.6 Å². The molecule has 96 valence electrons. The van der Waals surface area contributed by atoms with Crippen LogP contribution >= 0.6 is 0 Å². The molecule has 0 saturated heterocycles. The lowest BCUT2D eigenvalue weighted by molar-refractivity contribution is 0.199. The van der Waals surface area contributed by atoms with Crippen molar-refractivity contribution in [3.8, 4) is 5.75 Å². The third-order valence-corrected chi connectivity index (χ3v) is 2.68. The molecule has 3 nitrogen and oxygen atoms in total. The predicted octanol–water partition coefficient (Wildman–Crippen LogP) is 2.17. The summed E-state index contributed by atoms with van der Waals surface area (Å²) in [5, 5.41) is 3.25. The average molecular weight is 241 g/mol. The van der Waals surface area contributed by atoms with Crippen molar-refractivity contribution in [3.05, 3.63) is 29.6 Å². The molecule has 17 heavy (non-hydrogen) atoms. The smallest absolute Gasteiger partial charge is 0.165 e. The maximum Gasteiger partial charge on any atom is 0.165 e. The first-order valence-corrected chi connectivity index (χ1v) is 5.72. The quantitative estimate of drug-likeness (QED) is 0.742. The molecule has 1 atom stereocenters. The minimum Gasteiger partial charge on any atom is -0.494 e. The van der Waals surface area contributed by atoms with Crippen molar-refractivity contribution in [3.63, 3.8) is 0 Å². The third-order valence-electron chi connectivity index (χ3n) is 2.68. The van der Waals surface area contributed by atoms with Gasteiger partial charge >= 0.3 is 0 Å². The lowest BCUT2D eigenvalue weighted by atomic mass is 10.0. The summed E-state index contributed by atoms with van der Waals surface area (Å²) in [6.07, 6.45) is 0. The summed E-state index contributed by atoms with van der Waals surface area (Å²) in [5.41, 5.74) is 0.966. The van der Waals surface area contributed by atoms with Crippen molar-refractivity contribution >= 4 is 0 Å². The standard InChI is InChI=1S/C13H20FNO2/c1-10(9-15-6-7-16-2)11-4-5-13(17-3)12(14)8-11/h4-5,8,10,15H,6-7,9H2,1-3H3. The normalized spacial score (nSPS) is 12.5. The summed E-state index contributed by atoms with van der Waals surface area (Å²) in [7, 11) is 3.14. The number of hydrogen-bond donors (Lipinski definition) is 1. The average Bonchev–Trinajstić information content (AvgIpc) is 2.34. The Bertz CT molecular complexity index is 344. The predicted molar refractivity (Wildman–Crippen MR) is 66.1 cm³/mol. The number of benzene rings is 1. The number of ether oxygens (including phenoxy) is 2. The first-order valence-electron chi connectivity index (χ1n) is 5.72. The van der Waals surface area contributed by atoms with E-state index < -0.39 is 0 Å². The molecular formula is C13H20FNO2. The molecule has 0 bridgehead atoms. The zero-order valence-electron chi connectivity index (χ0n) is 10.6. The highest BCUT2D eigenvalue weighted by Crippen LogP contribution is 2.22. The van der Waals surface area contributed by atoms with E-state index in [1.165, 1.54) is 13.2 Å². The van der Waals surface area contributed by atoms with E-state index in [0.29, 0.717) is 6.61 Å². The number of halogens is 1. The largest absolute Gasteiger partial charge is 0.494 e. The summed E-state index contributed by atoms with van der Waals surface area (Å²) in [4.78, 5) is 0. The van der Waals surface area contributed by atoms with E-state index >= 15 is 0 Å². The van der Waals surface area contributed by atoms with E-state index in [0.717, 1.165) is 18.7 Å². The molecule has 0 radical (unpaired) electrons. The Labute approximate surface area is 102 Å². The summed E-state index contributed by atoms with van der Waals surface area (Å²) >= 11 is 0. The monoisotopic (exact) mass is 241 g/mol. The van der Waals surface area contributed by atoms with Crippen LogP contribution in [0.2, 0.25) is 0 Å². The van der Waals surface area contributed by atoms with Crippen LogP contribution in [-0.2, 0) is 4.74 Å². The highest BCUT2D eigenvalue weighted by molar-refractivity contribution is 5.31. The van der Waals surface area contributed by atoms with Gasteiger partial charge in [0.2, 0.25) is 0 Å². The van der Waals surface area contributed by atoms with Gasteiger partial charge in [-0.3, -0.25) is 0 Å². The highest BCUT2D eigenvalue weighted by Gasteiger charge is 2.09. The lowest BCUT2D eigenvalue weighted by Crippen LogP contribution is -2.23. The summed E-state index contributed by atoms with van der Waals surface area (Å²) in [5.74, 6) is 0.231. The van der Waals surface area contributed by atoms with Crippen molar-refractivity contribution in [1.29, 1.82) is 0 Å². The van der Waals surface area contributed by atoms with Crippen LogP contribution in [0, 0.1) is 5.82 Å². The van der Waals surface area contributed by atoms with Crippen molar-refractivity contribution in [2.24, 2.45) is 0 Å². The Morgan fingerprint density at radius 2 is 2.12 bits per heavy atom. The van der Waals surface area contributed by atoms with E-state index in [4.69, 9.17) is 9.47 Å². The molecule has 1 aromatic carbocycles. The van der Waals surface area contributed by atoms with Crippen molar-refractivity contribution in [1.82, 2.24) is 5.32 Å². The number of nitrogens with one attached hydrogen (secondary N) is 1. The van der Waals surface area contributed by atoms with Gasteiger partial charge in [0.1, 0.15) is 0 Å². The van der Waals surface area contributed by atoms with E-state index in [1.54, 1.807) is 13.2 Å². The zero-order chi connectivity index (χ0) is 12.7. The number of methoxy groups -OCH3 is 2. The minimum absolute atomic E-state index is 0.257. The minimum atomic E-state index is -0.311. The van der Waals surface area contributed by atoms with Crippen LogP contribution in [0.15, 0.2) is 18.2 Å². The molecule has 0 aliphatic heterocycles. The van der Waals surface area contributed by atoms with Gasteiger partial charge in [-0.2, -0.15) is 0 Å². The molecule has 1 unspecified atom stereocenters. The first kappa shape index (κ1) is 13.9. The molecule has 0 aliphatic carbocycles. The molecule has 0 saturated carbocycles. The fourth-order valence-electron chi connectivity index (χ4n) is 1.60. The molecule has 4 heteroatoms. The maximum atomic E-state index is 13.5. The van der Waals surface area contributed by atoms with Crippen LogP contribution in [-0.4, -0.2) is 33.9 Å². The topological polar surface area (TPSA) is 30.5 Å². The molecule has 0 fully saturated rings. The van der Waals surface area contributed by atoms with Crippen LogP contribution in [0.3, 0.4) is 0 Å². The Morgan fingerprint density at radius 1 is 1.35 bits per heavy atom. The molecular weight excluding hydrogens is 221 g/mol. The fraction of sp³-hybridized carbons (Fsp3) is 0.538. The van der Waals surface area contributed by atoms with Crippen LogP contribution in [0.1, 0.15) is 18.4 Å². The first-order chi connectivity index (χ1) is 8.19. The molecule has 0 amide bonds. The van der Waals surface area contributed by atoms with Gasteiger partial charge in [-0.15, -0.1) is 0 Å². The summed E-state index contributed by atoms with van der Waals surface area (Å²) in [6, 6.07) is 5.09. The molecule has 0 heterocycles. The second kappa shape index (κ2) is 7.25. The van der Waals surface area contributed by atoms with Crippen molar-refractivity contribution in [2.45, 2.75) is 12.8 Å². The van der Waals surface area contributed by atoms with E-state index in [9.17, 15) is 4.39 Å². The van der Waals surface area contributed by atoms with Gasteiger partial charge < -0.3 is 14.8 Å². The van der Waals surface area contributed by atoms with Crippen LogP contribution < -0.4 is 10.1 Å². The van der Waals surface area contributed by atoms with Crippen molar-refractivity contribution in [2.75, 3.05) is 33.9 Å². The fourth-order valence-corrected chi connectivity index (χ4v) is 1.60. The summed E-state index contributed by atoms with van der Waals surface area (Å²) < 4.78 is 23.3. The summed E-state index contributed by atoms with van der Waals surface area (Å²) in [6.45, 7) is 4.35. The zero-order valence-corrected chi connectivity index (χ0v) is 10.6. The highest BCUT2D eigenvalue weighted by atomic mass is 19.1. The maximum absolute atomic E-state index is 13.5. The van der Waals surface area contributed by atoms with Gasteiger partial charge in [-0.05, 0) is 23.6 Å².